The molecule has 3 fully saturated rings. The Balaban J connectivity index is 1.56. The molecule has 0 aromatic rings. The van der Waals surface area contributed by atoms with E-state index in [-0.39, 0.29) is 12.3 Å². The molecule has 3 aliphatic carbocycles. The third-order valence-corrected chi connectivity index (χ3v) is 6.32. The quantitative estimate of drug-likeness (QED) is 0.848. The summed E-state index contributed by atoms with van der Waals surface area (Å²) in [5, 5.41) is 9.49. The number of hydrogen-bond acceptors (Lipinski definition) is 2. The standard InChI is InChI=1S/C17H27NO3/c1-18(11-14-9-12-4-5-13(14)8-12)15(19)10-17(16(20)21)6-2-3-7-17/h12-14H,2-11H2,1H3,(H,20,21). The van der Waals surface area contributed by atoms with Crippen LogP contribution in [0.1, 0.15) is 57.8 Å². The van der Waals surface area contributed by atoms with Crippen molar-refractivity contribution >= 4 is 11.9 Å². The van der Waals surface area contributed by atoms with Crippen molar-refractivity contribution in [2.24, 2.45) is 23.2 Å². The number of fused-ring (bicyclic) bond motifs is 2. The molecule has 3 rings (SSSR count). The highest BCUT2D eigenvalue weighted by atomic mass is 16.4. The molecule has 0 aromatic heterocycles. The molecule has 4 heteroatoms. The molecule has 4 nitrogen and oxygen atoms in total. The van der Waals surface area contributed by atoms with Crippen molar-refractivity contribution in [3.05, 3.63) is 0 Å². The van der Waals surface area contributed by atoms with Crippen molar-refractivity contribution in [2.45, 2.75) is 57.8 Å². The minimum Gasteiger partial charge on any atom is -0.481 e. The van der Waals surface area contributed by atoms with E-state index >= 15 is 0 Å². The summed E-state index contributed by atoms with van der Waals surface area (Å²) in [5.74, 6) is 1.61. The van der Waals surface area contributed by atoms with Gasteiger partial charge in [0, 0.05) is 20.0 Å². The van der Waals surface area contributed by atoms with Crippen LogP contribution >= 0.6 is 0 Å². The molecule has 0 aromatic carbocycles. The van der Waals surface area contributed by atoms with Gasteiger partial charge in [0.15, 0.2) is 0 Å². The van der Waals surface area contributed by atoms with Crippen molar-refractivity contribution in [3.63, 3.8) is 0 Å². The second kappa shape index (κ2) is 5.62. The number of carboxylic acids is 1. The van der Waals surface area contributed by atoms with Gasteiger partial charge in [-0.15, -0.1) is 0 Å². The van der Waals surface area contributed by atoms with Gasteiger partial charge in [-0.25, -0.2) is 0 Å². The van der Waals surface area contributed by atoms with Crippen molar-refractivity contribution in [1.29, 1.82) is 0 Å². The van der Waals surface area contributed by atoms with Gasteiger partial charge in [0.2, 0.25) is 5.91 Å². The summed E-state index contributed by atoms with van der Waals surface area (Å²) in [5.41, 5.74) is -0.778. The Morgan fingerprint density at radius 1 is 1.19 bits per heavy atom. The zero-order chi connectivity index (χ0) is 15.0. The van der Waals surface area contributed by atoms with E-state index in [1.54, 1.807) is 0 Å². The van der Waals surface area contributed by atoms with Crippen LogP contribution in [-0.4, -0.2) is 35.5 Å². The zero-order valence-corrected chi connectivity index (χ0v) is 13.0. The molecule has 1 N–H and O–H groups in total. The maximum absolute atomic E-state index is 12.5. The fraction of sp³-hybridized carbons (Fsp3) is 0.882. The fourth-order valence-corrected chi connectivity index (χ4v) is 5.00. The predicted octanol–water partition coefficient (Wildman–Crippen LogP) is 2.92. The summed E-state index contributed by atoms with van der Waals surface area (Å²) < 4.78 is 0. The van der Waals surface area contributed by atoms with Crippen LogP contribution in [0.3, 0.4) is 0 Å². The van der Waals surface area contributed by atoms with Gasteiger partial charge in [-0.05, 0) is 49.9 Å². The number of amides is 1. The van der Waals surface area contributed by atoms with Crippen LogP contribution in [0.25, 0.3) is 0 Å². The topological polar surface area (TPSA) is 57.6 Å². The maximum atomic E-state index is 12.5. The molecule has 0 radical (unpaired) electrons. The highest BCUT2D eigenvalue weighted by molar-refractivity contribution is 5.85. The van der Waals surface area contributed by atoms with Crippen molar-refractivity contribution < 1.29 is 14.7 Å². The Bertz CT molecular complexity index is 428. The summed E-state index contributed by atoms with van der Waals surface area (Å²) in [4.78, 5) is 25.8. The number of rotatable bonds is 5. The van der Waals surface area contributed by atoms with E-state index in [0.29, 0.717) is 18.8 Å². The molecule has 3 unspecified atom stereocenters. The monoisotopic (exact) mass is 293 g/mol. The van der Waals surface area contributed by atoms with Crippen LogP contribution in [0.15, 0.2) is 0 Å². The van der Waals surface area contributed by atoms with E-state index in [1.807, 2.05) is 11.9 Å². The van der Waals surface area contributed by atoms with Crippen LogP contribution < -0.4 is 0 Å². The molecule has 0 aliphatic heterocycles. The third-order valence-electron chi connectivity index (χ3n) is 6.32. The first kappa shape index (κ1) is 14.9. The smallest absolute Gasteiger partial charge is 0.310 e. The molecule has 1 amide bonds. The minimum absolute atomic E-state index is 0.0297. The zero-order valence-electron chi connectivity index (χ0n) is 13.0. The van der Waals surface area contributed by atoms with Crippen molar-refractivity contribution in [3.8, 4) is 0 Å². The average molecular weight is 293 g/mol. The summed E-state index contributed by atoms with van der Waals surface area (Å²) in [6.07, 6.45) is 8.73. The van der Waals surface area contributed by atoms with Gasteiger partial charge in [0.1, 0.15) is 0 Å². The fourth-order valence-electron chi connectivity index (χ4n) is 5.00. The second-order valence-corrected chi connectivity index (χ2v) is 7.68. The summed E-state index contributed by atoms with van der Waals surface area (Å²) in [6, 6.07) is 0. The van der Waals surface area contributed by atoms with Gasteiger partial charge >= 0.3 is 5.97 Å². The molecule has 0 saturated heterocycles. The molecule has 0 spiro atoms. The lowest BCUT2D eigenvalue weighted by Gasteiger charge is -2.30. The molecule has 3 aliphatic rings. The van der Waals surface area contributed by atoms with Gasteiger partial charge in [-0.3, -0.25) is 9.59 Å². The van der Waals surface area contributed by atoms with Crippen molar-refractivity contribution in [2.75, 3.05) is 13.6 Å². The van der Waals surface area contributed by atoms with Crippen LogP contribution in [0.5, 0.6) is 0 Å². The van der Waals surface area contributed by atoms with Crippen molar-refractivity contribution in [1.82, 2.24) is 4.90 Å². The van der Waals surface area contributed by atoms with Gasteiger partial charge in [0.25, 0.3) is 0 Å². The first-order chi connectivity index (χ1) is 10.00. The first-order valence-electron chi connectivity index (χ1n) is 8.47. The molecule has 3 atom stereocenters. The normalized spacial score (nSPS) is 33.3. The summed E-state index contributed by atoms with van der Waals surface area (Å²) >= 11 is 0. The average Bonchev–Trinajstić information content (AvgIpc) is 3.14. The van der Waals surface area contributed by atoms with E-state index in [9.17, 15) is 14.7 Å². The molecular formula is C17H27NO3. The Hall–Kier alpha value is -1.06. The SMILES string of the molecule is CN(CC1CC2CCC1C2)C(=O)CC1(C(=O)O)CCCC1. The van der Waals surface area contributed by atoms with E-state index in [2.05, 4.69) is 0 Å². The highest BCUT2D eigenvalue weighted by Gasteiger charge is 2.44. The van der Waals surface area contributed by atoms with Crippen LogP contribution in [-0.2, 0) is 9.59 Å². The Morgan fingerprint density at radius 3 is 2.43 bits per heavy atom. The van der Waals surface area contributed by atoms with E-state index in [1.165, 1.54) is 25.7 Å². The lowest BCUT2D eigenvalue weighted by Crippen LogP contribution is -2.39. The number of aliphatic carboxylic acids is 1. The number of carbonyl (C=O) groups is 2. The highest BCUT2D eigenvalue weighted by Crippen LogP contribution is 2.48. The number of nitrogens with zero attached hydrogens (tertiary/aromatic N) is 1. The van der Waals surface area contributed by atoms with Crippen LogP contribution in [0.4, 0.5) is 0 Å². The minimum atomic E-state index is -0.778. The third kappa shape index (κ3) is 2.82. The molecule has 2 bridgehead atoms. The van der Waals surface area contributed by atoms with Gasteiger partial charge in [0.05, 0.1) is 5.41 Å². The van der Waals surface area contributed by atoms with E-state index < -0.39 is 11.4 Å². The Morgan fingerprint density at radius 2 is 1.90 bits per heavy atom. The molecule has 3 saturated carbocycles. The molecular weight excluding hydrogens is 266 g/mol. The lowest BCUT2D eigenvalue weighted by molar-refractivity contribution is -0.153. The van der Waals surface area contributed by atoms with Gasteiger partial charge in [-0.2, -0.15) is 0 Å². The lowest BCUT2D eigenvalue weighted by atomic mass is 9.82. The second-order valence-electron chi connectivity index (χ2n) is 7.68. The summed E-state index contributed by atoms with van der Waals surface area (Å²) in [6.45, 7) is 0.829. The largest absolute Gasteiger partial charge is 0.481 e. The van der Waals surface area contributed by atoms with Gasteiger partial charge in [-0.1, -0.05) is 19.3 Å². The van der Waals surface area contributed by atoms with Gasteiger partial charge < -0.3 is 10.0 Å². The number of carboxylic acid groups (broad SMARTS) is 1. The predicted molar refractivity (Wildman–Crippen MR) is 79.7 cm³/mol. The first-order valence-corrected chi connectivity index (χ1v) is 8.47. The van der Waals surface area contributed by atoms with E-state index in [4.69, 9.17) is 0 Å². The molecule has 21 heavy (non-hydrogen) atoms. The Kier molecular flexibility index (Phi) is 3.98. The Labute approximate surface area is 126 Å². The number of hydrogen-bond donors (Lipinski definition) is 1. The molecule has 118 valence electrons. The summed E-state index contributed by atoms with van der Waals surface area (Å²) in [7, 11) is 1.86. The van der Waals surface area contributed by atoms with Crippen LogP contribution in [0, 0.1) is 23.2 Å². The maximum Gasteiger partial charge on any atom is 0.310 e. The van der Waals surface area contributed by atoms with E-state index in [0.717, 1.165) is 31.2 Å². The molecule has 0 heterocycles. The number of carbonyl (C=O) groups excluding carboxylic acids is 1. The van der Waals surface area contributed by atoms with Crippen LogP contribution in [0.2, 0.25) is 0 Å².